The minimum atomic E-state index is -0.442. The van der Waals surface area contributed by atoms with Gasteiger partial charge in [0, 0.05) is 20.1 Å². The quantitative estimate of drug-likeness (QED) is 0.869. The predicted octanol–water partition coefficient (Wildman–Crippen LogP) is 0.375. The van der Waals surface area contributed by atoms with E-state index in [2.05, 4.69) is 24.1 Å². The Bertz CT molecular complexity index is 923. The van der Waals surface area contributed by atoms with Gasteiger partial charge < -0.3 is 9.88 Å². The Hall–Kier alpha value is -2.38. The number of rotatable bonds is 3. The van der Waals surface area contributed by atoms with E-state index in [1.165, 1.54) is 28.9 Å². The summed E-state index contributed by atoms with van der Waals surface area (Å²) in [6, 6.07) is 0.165. The monoisotopic (exact) mass is 347 g/mol. The number of aryl methyl sites for hydroxylation is 1. The Morgan fingerprint density at radius 1 is 1.24 bits per heavy atom. The number of fused-ring (bicyclic) bond motifs is 1. The molecule has 3 rings (SSSR count). The standard InChI is InChI=1S/C17H25N5O3/c1-10-6-5-7-12(11(10)2)19-13(23)8-22-9-18-15-14(22)16(24)21(4)17(25)20(15)3/h9-12H,5-8H2,1-4H3,(H,19,23)/t10-,11+,12-/m0/s1. The molecular weight excluding hydrogens is 322 g/mol. The molecule has 0 aromatic carbocycles. The average molecular weight is 347 g/mol. The summed E-state index contributed by atoms with van der Waals surface area (Å²) >= 11 is 0. The number of nitrogens with zero attached hydrogens (tertiary/aromatic N) is 4. The number of nitrogens with one attached hydrogen (secondary N) is 1. The van der Waals surface area contributed by atoms with Crippen LogP contribution in [0.5, 0.6) is 0 Å². The number of carbonyl (C=O) groups excluding carboxylic acids is 1. The van der Waals surface area contributed by atoms with Crippen molar-refractivity contribution in [1.29, 1.82) is 0 Å². The van der Waals surface area contributed by atoms with Crippen LogP contribution in [0.3, 0.4) is 0 Å². The fraction of sp³-hybridized carbons (Fsp3) is 0.647. The fourth-order valence-electron chi connectivity index (χ4n) is 3.71. The lowest BCUT2D eigenvalue weighted by Crippen LogP contribution is -2.45. The van der Waals surface area contributed by atoms with E-state index in [1.807, 2.05) is 0 Å². The molecule has 0 spiro atoms. The number of aromatic nitrogens is 4. The molecule has 1 aliphatic rings. The van der Waals surface area contributed by atoms with Crippen LogP contribution in [0.1, 0.15) is 33.1 Å². The van der Waals surface area contributed by atoms with Crippen LogP contribution in [0.25, 0.3) is 11.2 Å². The normalized spacial score (nSPS) is 23.8. The van der Waals surface area contributed by atoms with Crippen LogP contribution in [0.15, 0.2) is 15.9 Å². The van der Waals surface area contributed by atoms with E-state index in [0.717, 1.165) is 17.4 Å². The molecule has 3 atom stereocenters. The average Bonchev–Trinajstić information content (AvgIpc) is 2.99. The largest absolute Gasteiger partial charge is 0.352 e. The van der Waals surface area contributed by atoms with Gasteiger partial charge in [-0.1, -0.05) is 26.7 Å². The van der Waals surface area contributed by atoms with Gasteiger partial charge in [-0.2, -0.15) is 0 Å². The van der Waals surface area contributed by atoms with Crippen molar-refractivity contribution < 1.29 is 4.79 Å². The molecule has 0 unspecified atom stereocenters. The van der Waals surface area contributed by atoms with Gasteiger partial charge in [0.25, 0.3) is 5.56 Å². The van der Waals surface area contributed by atoms with Crippen LogP contribution in [0.2, 0.25) is 0 Å². The summed E-state index contributed by atoms with van der Waals surface area (Å²) < 4.78 is 3.86. The molecule has 0 aliphatic heterocycles. The zero-order valence-corrected chi connectivity index (χ0v) is 15.2. The van der Waals surface area contributed by atoms with Crippen molar-refractivity contribution in [1.82, 2.24) is 24.0 Å². The second-order valence-electron chi connectivity index (χ2n) is 7.19. The van der Waals surface area contributed by atoms with E-state index in [0.29, 0.717) is 17.5 Å². The summed E-state index contributed by atoms with van der Waals surface area (Å²) in [5, 5.41) is 3.10. The van der Waals surface area contributed by atoms with Crippen LogP contribution in [-0.2, 0) is 25.4 Å². The number of amides is 1. The van der Waals surface area contributed by atoms with Crippen molar-refractivity contribution in [3.8, 4) is 0 Å². The maximum atomic E-state index is 12.5. The summed E-state index contributed by atoms with van der Waals surface area (Å²) in [4.78, 5) is 41.0. The molecule has 8 nitrogen and oxygen atoms in total. The van der Waals surface area contributed by atoms with Gasteiger partial charge in [-0.3, -0.25) is 18.7 Å². The number of carbonyl (C=O) groups is 1. The highest BCUT2D eigenvalue weighted by molar-refractivity contribution is 5.79. The van der Waals surface area contributed by atoms with E-state index < -0.39 is 11.2 Å². The van der Waals surface area contributed by atoms with Crippen LogP contribution < -0.4 is 16.6 Å². The van der Waals surface area contributed by atoms with E-state index >= 15 is 0 Å². The van der Waals surface area contributed by atoms with Gasteiger partial charge in [0.05, 0.1) is 6.33 Å². The first kappa shape index (κ1) is 17.4. The first-order valence-electron chi connectivity index (χ1n) is 8.71. The van der Waals surface area contributed by atoms with E-state index in [4.69, 9.17) is 0 Å². The Morgan fingerprint density at radius 2 is 1.96 bits per heavy atom. The molecular formula is C17H25N5O3. The summed E-state index contributed by atoms with van der Waals surface area (Å²) in [6.07, 6.45) is 4.74. The highest BCUT2D eigenvalue weighted by atomic mass is 16.2. The number of imidazole rings is 1. The van der Waals surface area contributed by atoms with Gasteiger partial charge in [0.2, 0.25) is 5.91 Å². The van der Waals surface area contributed by atoms with Crippen molar-refractivity contribution in [3.63, 3.8) is 0 Å². The van der Waals surface area contributed by atoms with E-state index in [-0.39, 0.29) is 24.0 Å². The maximum absolute atomic E-state index is 12.5. The van der Waals surface area contributed by atoms with Crippen LogP contribution in [-0.4, -0.2) is 30.6 Å². The zero-order chi connectivity index (χ0) is 18.3. The molecule has 2 aromatic heterocycles. The van der Waals surface area contributed by atoms with Crippen molar-refractivity contribution >= 4 is 17.1 Å². The molecule has 2 aromatic rings. The molecule has 25 heavy (non-hydrogen) atoms. The zero-order valence-electron chi connectivity index (χ0n) is 15.2. The lowest BCUT2D eigenvalue weighted by molar-refractivity contribution is -0.123. The Kier molecular flexibility index (Phi) is 4.53. The highest BCUT2D eigenvalue weighted by Crippen LogP contribution is 2.29. The minimum Gasteiger partial charge on any atom is -0.352 e. The summed E-state index contributed by atoms with van der Waals surface area (Å²) in [7, 11) is 2.99. The van der Waals surface area contributed by atoms with Crippen LogP contribution >= 0.6 is 0 Å². The van der Waals surface area contributed by atoms with Crippen molar-refractivity contribution in [2.45, 2.75) is 45.7 Å². The second-order valence-corrected chi connectivity index (χ2v) is 7.19. The molecule has 1 fully saturated rings. The Labute approximate surface area is 145 Å². The molecule has 2 heterocycles. The third-order valence-electron chi connectivity index (χ3n) is 5.58. The first-order valence-corrected chi connectivity index (χ1v) is 8.71. The van der Waals surface area contributed by atoms with Crippen molar-refractivity contribution in [2.75, 3.05) is 0 Å². The number of hydrogen-bond donors (Lipinski definition) is 1. The van der Waals surface area contributed by atoms with Crippen molar-refractivity contribution in [2.24, 2.45) is 25.9 Å². The van der Waals surface area contributed by atoms with E-state index in [1.54, 1.807) is 7.05 Å². The molecule has 1 amide bonds. The summed E-state index contributed by atoms with van der Waals surface area (Å²) in [5.74, 6) is 0.891. The van der Waals surface area contributed by atoms with Crippen LogP contribution in [0, 0.1) is 11.8 Å². The van der Waals surface area contributed by atoms with Gasteiger partial charge in [0.15, 0.2) is 11.2 Å². The molecule has 0 bridgehead atoms. The number of hydrogen-bond acceptors (Lipinski definition) is 4. The lowest BCUT2D eigenvalue weighted by Gasteiger charge is -2.34. The maximum Gasteiger partial charge on any atom is 0.332 e. The van der Waals surface area contributed by atoms with E-state index in [9.17, 15) is 14.4 Å². The predicted molar refractivity (Wildman–Crippen MR) is 94.3 cm³/mol. The van der Waals surface area contributed by atoms with Gasteiger partial charge in [-0.25, -0.2) is 9.78 Å². The van der Waals surface area contributed by atoms with Gasteiger partial charge in [-0.15, -0.1) is 0 Å². The molecule has 0 radical (unpaired) electrons. The molecule has 136 valence electrons. The summed E-state index contributed by atoms with van der Waals surface area (Å²) in [5.41, 5.74) is -0.314. The summed E-state index contributed by atoms with van der Waals surface area (Å²) in [6.45, 7) is 4.41. The minimum absolute atomic E-state index is 0.0154. The van der Waals surface area contributed by atoms with Gasteiger partial charge >= 0.3 is 5.69 Å². The molecule has 0 saturated heterocycles. The molecule has 1 aliphatic carbocycles. The van der Waals surface area contributed by atoms with Gasteiger partial charge in [-0.05, 0) is 18.3 Å². The topological polar surface area (TPSA) is 90.9 Å². The SMILES string of the molecule is C[C@H]1[C@@H](NC(=O)Cn2cnc3c2c(=O)n(C)c(=O)n3C)CCC[C@@H]1C. The Balaban J connectivity index is 1.85. The molecule has 1 saturated carbocycles. The Morgan fingerprint density at radius 3 is 2.68 bits per heavy atom. The first-order chi connectivity index (χ1) is 11.8. The highest BCUT2D eigenvalue weighted by Gasteiger charge is 2.28. The van der Waals surface area contributed by atoms with Crippen LogP contribution in [0.4, 0.5) is 0 Å². The van der Waals surface area contributed by atoms with Gasteiger partial charge in [0.1, 0.15) is 6.54 Å². The fourth-order valence-corrected chi connectivity index (χ4v) is 3.71. The second kappa shape index (κ2) is 6.50. The smallest absolute Gasteiger partial charge is 0.332 e. The molecule has 8 heteroatoms. The van der Waals surface area contributed by atoms with Crippen molar-refractivity contribution in [3.05, 3.63) is 27.2 Å². The molecule has 1 N–H and O–H groups in total. The third kappa shape index (κ3) is 3.01. The lowest BCUT2D eigenvalue weighted by atomic mass is 9.78. The third-order valence-corrected chi connectivity index (χ3v) is 5.58.